The second-order valence-electron chi connectivity index (χ2n) is 2.98. The molecule has 2 atom stereocenters. The Morgan fingerprint density at radius 2 is 1.67 bits per heavy atom. The fraction of sp³-hybridized carbons (Fsp3) is 0.333. The summed E-state index contributed by atoms with van der Waals surface area (Å²) in [6.07, 6.45) is 0. The third kappa shape index (κ3) is 1.96. The molecule has 0 aliphatic rings. The van der Waals surface area contributed by atoms with Crippen molar-refractivity contribution in [3.63, 3.8) is 0 Å². The van der Waals surface area contributed by atoms with Crippen LogP contribution >= 0.6 is 0 Å². The zero-order chi connectivity index (χ0) is 9.14. The Kier molecular flexibility index (Phi) is 2.68. The third-order valence-corrected chi connectivity index (χ3v) is 1.84. The molecule has 0 aromatic heterocycles. The molecule has 0 spiro atoms. The molecule has 2 unspecified atom stereocenters. The van der Waals surface area contributed by atoms with Gasteiger partial charge in [0, 0.05) is 12.1 Å². The normalized spacial score (nSPS) is 15.6. The van der Waals surface area contributed by atoms with Crippen LogP contribution in [0, 0.1) is 0 Å². The number of hydrogen-bond acceptors (Lipinski definition) is 3. The lowest BCUT2D eigenvalue weighted by Crippen LogP contribution is -2.30. The predicted octanol–water partition coefficient (Wildman–Crippen LogP) is 0.739. The molecule has 0 saturated heterocycles. The molecule has 0 heterocycles. The van der Waals surface area contributed by atoms with Gasteiger partial charge in [0.15, 0.2) is 0 Å². The van der Waals surface area contributed by atoms with Gasteiger partial charge >= 0.3 is 0 Å². The summed E-state index contributed by atoms with van der Waals surface area (Å²) in [5.41, 5.74) is 12.3. The van der Waals surface area contributed by atoms with Crippen molar-refractivity contribution in [2.75, 3.05) is 0 Å². The number of phenols is 1. The average Bonchev–Trinajstić information content (AvgIpc) is 2.04. The summed E-state index contributed by atoms with van der Waals surface area (Å²) in [5, 5.41) is 9.00. The lowest BCUT2D eigenvalue weighted by Gasteiger charge is -2.15. The Labute approximate surface area is 72.0 Å². The summed E-state index contributed by atoms with van der Waals surface area (Å²) in [6.45, 7) is 1.86. The summed E-state index contributed by atoms with van der Waals surface area (Å²) < 4.78 is 0. The molecule has 0 amide bonds. The van der Waals surface area contributed by atoms with Crippen molar-refractivity contribution < 1.29 is 5.11 Å². The van der Waals surface area contributed by atoms with Gasteiger partial charge in [-0.3, -0.25) is 0 Å². The fourth-order valence-electron chi connectivity index (χ4n) is 1.00. The molecule has 1 rings (SSSR count). The van der Waals surface area contributed by atoms with Crippen molar-refractivity contribution in [1.29, 1.82) is 0 Å². The molecule has 0 fully saturated rings. The molecule has 5 N–H and O–H groups in total. The Bertz CT molecular complexity index is 243. The fourth-order valence-corrected chi connectivity index (χ4v) is 1.00. The number of aromatic hydroxyl groups is 1. The van der Waals surface area contributed by atoms with Crippen LogP contribution in [0.4, 0.5) is 0 Å². The highest BCUT2D eigenvalue weighted by Gasteiger charge is 2.09. The summed E-state index contributed by atoms with van der Waals surface area (Å²) in [4.78, 5) is 0. The van der Waals surface area contributed by atoms with Crippen LogP contribution in [0.25, 0.3) is 0 Å². The highest BCUT2D eigenvalue weighted by Crippen LogP contribution is 2.16. The lowest BCUT2D eigenvalue weighted by molar-refractivity contribution is 0.474. The van der Waals surface area contributed by atoms with Crippen molar-refractivity contribution in [2.24, 2.45) is 11.5 Å². The molecule has 0 saturated carbocycles. The van der Waals surface area contributed by atoms with Crippen molar-refractivity contribution in [3.8, 4) is 5.75 Å². The van der Waals surface area contributed by atoms with E-state index in [4.69, 9.17) is 16.6 Å². The van der Waals surface area contributed by atoms with Crippen LogP contribution in [0.5, 0.6) is 5.75 Å². The maximum absolute atomic E-state index is 9.00. The monoisotopic (exact) mass is 166 g/mol. The topological polar surface area (TPSA) is 72.3 Å². The van der Waals surface area contributed by atoms with Crippen LogP contribution in [-0.4, -0.2) is 11.1 Å². The Balaban J connectivity index is 2.82. The minimum Gasteiger partial charge on any atom is -0.508 e. The van der Waals surface area contributed by atoms with Crippen LogP contribution in [0.2, 0.25) is 0 Å². The molecule has 3 nitrogen and oxygen atoms in total. The second kappa shape index (κ2) is 3.56. The van der Waals surface area contributed by atoms with Gasteiger partial charge in [0.1, 0.15) is 5.75 Å². The van der Waals surface area contributed by atoms with Crippen LogP contribution in [0.15, 0.2) is 24.3 Å². The van der Waals surface area contributed by atoms with Gasteiger partial charge in [-0.05, 0) is 24.6 Å². The first-order chi connectivity index (χ1) is 5.61. The molecule has 12 heavy (non-hydrogen) atoms. The van der Waals surface area contributed by atoms with E-state index in [9.17, 15) is 0 Å². The number of rotatable bonds is 2. The number of nitrogens with two attached hydrogens (primary N) is 2. The summed E-state index contributed by atoms with van der Waals surface area (Å²) in [5.74, 6) is 0.246. The lowest BCUT2D eigenvalue weighted by atomic mass is 10.0. The number of phenolic OH excluding ortho intramolecular Hbond substituents is 1. The van der Waals surface area contributed by atoms with Gasteiger partial charge in [0.2, 0.25) is 0 Å². The van der Waals surface area contributed by atoms with Gasteiger partial charge in [-0.2, -0.15) is 0 Å². The smallest absolute Gasteiger partial charge is 0.115 e. The summed E-state index contributed by atoms with van der Waals surface area (Å²) in [6, 6.07) is 6.54. The van der Waals surface area contributed by atoms with Crippen LogP contribution in [0.1, 0.15) is 18.5 Å². The van der Waals surface area contributed by atoms with E-state index >= 15 is 0 Å². The van der Waals surface area contributed by atoms with E-state index in [1.165, 1.54) is 0 Å². The van der Waals surface area contributed by atoms with Crippen molar-refractivity contribution in [2.45, 2.75) is 19.0 Å². The minimum atomic E-state index is -0.161. The van der Waals surface area contributed by atoms with Gasteiger partial charge in [-0.25, -0.2) is 0 Å². The highest BCUT2D eigenvalue weighted by molar-refractivity contribution is 5.28. The van der Waals surface area contributed by atoms with E-state index < -0.39 is 0 Å². The molecule has 0 aliphatic carbocycles. The van der Waals surface area contributed by atoms with Gasteiger partial charge < -0.3 is 16.6 Å². The van der Waals surface area contributed by atoms with E-state index in [0.717, 1.165) is 5.56 Å². The SMILES string of the molecule is CC(N)C(N)c1ccc(O)cc1. The van der Waals surface area contributed by atoms with Crippen LogP contribution < -0.4 is 11.5 Å². The zero-order valence-corrected chi connectivity index (χ0v) is 7.07. The summed E-state index contributed by atoms with van der Waals surface area (Å²) in [7, 11) is 0. The molecule has 3 heteroatoms. The first-order valence-corrected chi connectivity index (χ1v) is 3.91. The first kappa shape index (κ1) is 9.03. The number of benzene rings is 1. The van der Waals surface area contributed by atoms with Crippen molar-refractivity contribution in [3.05, 3.63) is 29.8 Å². The van der Waals surface area contributed by atoms with Gasteiger partial charge in [0.25, 0.3) is 0 Å². The average molecular weight is 166 g/mol. The maximum Gasteiger partial charge on any atom is 0.115 e. The highest BCUT2D eigenvalue weighted by atomic mass is 16.3. The standard InChI is InChI=1S/C9H14N2O/c1-6(10)9(11)7-2-4-8(12)5-3-7/h2-6,9,12H,10-11H2,1H3. The van der Waals surface area contributed by atoms with Crippen molar-refractivity contribution in [1.82, 2.24) is 0 Å². The second-order valence-corrected chi connectivity index (χ2v) is 2.98. The predicted molar refractivity (Wildman–Crippen MR) is 48.7 cm³/mol. The van der Waals surface area contributed by atoms with Gasteiger partial charge in [-0.15, -0.1) is 0 Å². The van der Waals surface area contributed by atoms with E-state index in [1.807, 2.05) is 6.92 Å². The molecule has 66 valence electrons. The molecular formula is C9H14N2O. The zero-order valence-electron chi connectivity index (χ0n) is 7.07. The molecule has 1 aromatic rings. The largest absolute Gasteiger partial charge is 0.508 e. The van der Waals surface area contributed by atoms with E-state index in [-0.39, 0.29) is 17.8 Å². The number of hydrogen-bond donors (Lipinski definition) is 3. The van der Waals surface area contributed by atoms with Gasteiger partial charge in [-0.1, -0.05) is 12.1 Å². The molecule has 0 radical (unpaired) electrons. The third-order valence-electron chi connectivity index (χ3n) is 1.84. The Morgan fingerprint density at radius 3 is 2.08 bits per heavy atom. The van der Waals surface area contributed by atoms with Crippen LogP contribution in [0.3, 0.4) is 0 Å². The van der Waals surface area contributed by atoms with E-state index in [2.05, 4.69) is 0 Å². The Morgan fingerprint density at radius 1 is 1.17 bits per heavy atom. The first-order valence-electron chi connectivity index (χ1n) is 3.91. The van der Waals surface area contributed by atoms with Crippen LogP contribution in [-0.2, 0) is 0 Å². The molecule has 0 bridgehead atoms. The van der Waals surface area contributed by atoms with E-state index in [1.54, 1.807) is 24.3 Å². The minimum absolute atomic E-state index is 0.0745. The Hall–Kier alpha value is -1.06. The summed E-state index contributed by atoms with van der Waals surface area (Å²) >= 11 is 0. The molecule has 1 aromatic carbocycles. The molecule has 0 aliphatic heterocycles. The maximum atomic E-state index is 9.00. The quantitative estimate of drug-likeness (QED) is 0.606. The molecular weight excluding hydrogens is 152 g/mol. The van der Waals surface area contributed by atoms with Crippen molar-refractivity contribution >= 4 is 0 Å². The van der Waals surface area contributed by atoms with Gasteiger partial charge in [0.05, 0.1) is 0 Å². The van der Waals surface area contributed by atoms with E-state index in [0.29, 0.717) is 0 Å².